The number of carbonyl (C=O) groups excluding carboxylic acids is 1. The lowest BCUT2D eigenvalue weighted by molar-refractivity contribution is -0.110. The number of ketones is 1. The van der Waals surface area contributed by atoms with Crippen LogP contribution >= 0.6 is 0 Å². The summed E-state index contributed by atoms with van der Waals surface area (Å²) in [5, 5.41) is 12.1. The van der Waals surface area contributed by atoms with Crippen LogP contribution in [0, 0.1) is 17.1 Å². The summed E-state index contributed by atoms with van der Waals surface area (Å²) in [6, 6.07) is 7.05. The summed E-state index contributed by atoms with van der Waals surface area (Å²) in [4.78, 5) is 10.8. The predicted molar refractivity (Wildman–Crippen MR) is 53.8 cm³/mol. The highest BCUT2D eigenvalue weighted by atomic mass is 19.1. The van der Waals surface area contributed by atoms with E-state index < -0.39 is 5.78 Å². The van der Waals surface area contributed by atoms with Crippen molar-refractivity contribution in [1.82, 2.24) is 0 Å². The van der Waals surface area contributed by atoms with E-state index in [1.54, 1.807) is 6.07 Å². The van der Waals surface area contributed by atoms with Crippen LogP contribution in [0.5, 0.6) is 0 Å². The van der Waals surface area contributed by atoms with Crippen LogP contribution in [0.3, 0.4) is 0 Å². The molecule has 0 atom stereocenters. The van der Waals surface area contributed by atoms with Crippen LogP contribution in [0.4, 0.5) is 10.1 Å². The molecule has 0 aliphatic carbocycles. The fraction of sp³-hybridized carbons (Fsp3) is 0.100. The zero-order valence-corrected chi connectivity index (χ0v) is 7.99. The maximum absolute atomic E-state index is 12.5. The van der Waals surface area contributed by atoms with Crippen molar-refractivity contribution in [2.75, 3.05) is 5.43 Å². The van der Waals surface area contributed by atoms with Gasteiger partial charge in [-0.05, 0) is 24.3 Å². The van der Waals surface area contributed by atoms with E-state index in [-0.39, 0.29) is 11.5 Å². The van der Waals surface area contributed by atoms with Crippen molar-refractivity contribution in [3.8, 4) is 6.07 Å². The number of nitrogens with zero attached hydrogens (tertiary/aromatic N) is 2. The Labute approximate surface area is 86.0 Å². The lowest BCUT2D eigenvalue weighted by atomic mass is 10.3. The van der Waals surface area contributed by atoms with Crippen molar-refractivity contribution < 1.29 is 9.18 Å². The molecular weight excluding hydrogens is 197 g/mol. The van der Waals surface area contributed by atoms with Gasteiger partial charge in [0.05, 0.1) is 5.69 Å². The molecule has 15 heavy (non-hydrogen) atoms. The smallest absolute Gasteiger partial charge is 0.203 e. The second kappa shape index (κ2) is 4.86. The Morgan fingerprint density at radius 1 is 1.47 bits per heavy atom. The third kappa shape index (κ3) is 3.19. The molecule has 4 nitrogen and oxygen atoms in total. The monoisotopic (exact) mass is 205 g/mol. The van der Waals surface area contributed by atoms with E-state index in [1.165, 1.54) is 31.2 Å². The molecule has 0 bridgehead atoms. The number of carbonyl (C=O) groups is 1. The van der Waals surface area contributed by atoms with Gasteiger partial charge in [-0.25, -0.2) is 4.39 Å². The largest absolute Gasteiger partial charge is 0.292 e. The van der Waals surface area contributed by atoms with Gasteiger partial charge in [0.25, 0.3) is 0 Å². The molecule has 1 rings (SSSR count). The molecule has 5 heteroatoms. The van der Waals surface area contributed by atoms with Crippen LogP contribution in [-0.2, 0) is 4.79 Å². The molecule has 0 amide bonds. The van der Waals surface area contributed by atoms with Gasteiger partial charge in [-0.2, -0.15) is 10.4 Å². The normalized spacial score (nSPS) is 10.6. The van der Waals surface area contributed by atoms with E-state index in [4.69, 9.17) is 5.26 Å². The fourth-order valence-corrected chi connectivity index (χ4v) is 0.827. The molecule has 1 aromatic carbocycles. The summed E-state index contributed by atoms with van der Waals surface area (Å²) in [5.41, 5.74) is 2.76. The highest BCUT2D eigenvalue weighted by Gasteiger charge is 2.03. The Balaban J connectivity index is 2.76. The van der Waals surface area contributed by atoms with Gasteiger partial charge in [0, 0.05) is 6.92 Å². The molecule has 0 radical (unpaired) electrons. The average molecular weight is 205 g/mol. The second-order valence-electron chi connectivity index (χ2n) is 2.75. The third-order valence-electron chi connectivity index (χ3n) is 1.58. The molecular formula is C10H8FN3O. The van der Waals surface area contributed by atoms with Crippen LogP contribution < -0.4 is 5.43 Å². The Kier molecular flexibility index (Phi) is 3.52. The fourth-order valence-electron chi connectivity index (χ4n) is 0.827. The van der Waals surface area contributed by atoms with E-state index in [9.17, 15) is 9.18 Å². The van der Waals surface area contributed by atoms with E-state index in [0.29, 0.717) is 5.69 Å². The number of benzene rings is 1. The minimum absolute atomic E-state index is 0.223. The molecule has 1 aromatic rings. The number of hydrogen-bond acceptors (Lipinski definition) is 4. The van der Waals surface area contributed by atoms with Gasteiger partial charge in [-0.3, -0.25) is 10.2 Å². The van der Waals surface area contributed by atoms with Crippen molar-refractivity contribution in [1.29, 1.82) is 5.26 Å². The summed E-state index contributed by atoms with van der Waals surface area (Å²) in [6.07, 6.45) is 0. The minimum Gasteiger partial charge on any atom is -0.292 e. The Hall–Kier alpha value is -2.22. The van der Waals surface area contributed by atoms with Gasteiger partial charge in [0.1, 0.15) is 11.9 Å². The first-order valence-electron chi connectivity index (χ1n) is 4.14. The van der Waals surface area contributed by atoms with Crippen molar-refractivity contribution in [2.24, 2.45) is 5.10 Å². The molecule has 0 unspecified atom stereocenters. The number of Topliss-reactive ketones (excluding diaryl/α,β-unsaturated/α-hetero) is 1. The van der Waals surface area contributed by atoms with Crippen molar-refractivity contribution >= 4 is 17.2 Å². The standard InChI is InChI=1S/C10H8FN3O/c1-7(15)10(6-12)14-13-9-4-2-8(11)3-5-9/h2-5,13H,1H3/b14-10+. The quantitative estimate of drug-likeness (QED) is 0.603. The van der Waals surface area contributed by atoms with Gasteiger partial charge in [-0.1, -0.05) is 0 Å². The number of rotatable bonds is 3. The summed E-state index contributed by atoms with van der Waals surface area (Å²) < 4.78 is 12.5. The van der Waals surface area contributed by atoms with Crippen LogP contribution in [-0.4, -0.2) is 11.5 Å². The molecule has 0 aliphatic heterocycles. The molecule has 0 fully saturated rings. The van der Waals surface area contributed by atoms with Crippen LogP contribution in [0.15, 0.2) is 29.4 Å². The minimum atomic E-state index is -0.424. The van der Waals surface area contributed by atoms with E-state index in [1.807, 2.05) is 0 Å². The summed E-state index contributed by atoms with van der Waals surface area (Å²) >= 11 is 0. The molecule has 0 aromatic heterocycles. The average Bonchev–Trinajstić information content (AvgIpc) is 2.21. The Morgan fingerprint density at radius 2 is 2.07 bits per heavy atom. The predicted octanol–water partition coefficient (Wildman–Crippen LogP) is 1.71. The van der Waals surface area contributed by atoms with Crippen molar-refractivity contribution in [2.45, 2.75) is 6.92 Å². The van der Waals surface area contributed by atoms with E-state index in [0.717, 1.165) is 0 Å². The number of hydrazone groups is 1. The lowest BCUT2D eigenvalue weighted by Gasteiger charge is -1.99. The summed E-state index contributed by atoms with van der Waals surface area (Å²) in [5.74, 6) is -0.788. The summed E-state index contributed by atoms with van der Waals surface area (Å²) in [6.45, 7) is 1.24. The SMILES string of the molecule is CC(=O)/C(C#N)=N/Nc1ccc(F)cc1. The topological polar surface area (TPSA) is 65.2 Å². The zero-order chi connectivity index (χ0) is 11.3. The first kappa shape index (κ1) is 10.9. The highest BCUT2D eigenvalue weighted by molar-refractivity contribution is 6.45. The Bertz CT molecular complexity index is 431. The summed E-state index contributed by atoms with van der Waals surface area (Å²) in [7, 11) is 0. The molecule has 0 saturated heterocycles. The van der Waals surface area contributed by atoms with Crippen molar-refractivity contribution in [3.05, 3.63) is 30.1 Å². The first-order valence-corrected chi connectivity index (χ1v) is 4.14. The van der Waals surface area contributed by atoms with E-state index >= 15 is 0 Å². The highest BCUT2D eigenvalue weighted by Crippen LogP contribution is 2.07. The molecule has 0 spiro atoms. The van der Waals surface area contributed by atoms with Crippen LogP contribution in [0.2, 0.25) is 0 Å². The van der Waals surface area contributed by atoms with Gasteiger partial charge in [-0.15, -0.1) is 0 Å². The van der Waals surface area contributed by atoms with E-state index in [2.05, 4.69) is 10.5 Å². The van der Waals surface area contributed by atoms with Gasteiger partial charge in [0.2, 0.25) is 5.71 Å². The Morgan fingerprint density at radius 3 is 2.53 bits per heavy atom. The molecule has 0 saturated carbocycles. The number of anilines is 1. The number of hydrogen-bond donors (Lipinski definition) is 1. The number of nitriles is 1. The van der Waals surface area contributed by atoms with Crippen LogP contribution in [0.25, 0.3) is 0 Å². The zero-order valence-electron chi connectivity index (χ0n) is 7.99. The van der Waals surface area contributed by atoms with Gasteiger partial charge < -0.3 is 0 Å². The third-order valence-corrected chi connectivity index (χ3v) is 1.58. The van der Waals surface area contributed by atoms with Gasteiger partial charge in [0.15, 0.2) is 5.78 Å². The molecule has 0 heterocycles. The number of nitrogens with one attached hydrogen (secondary N) is 1. The molecule has 76 valence electrons. The first-order chi connectivity index (χ1) is 7.13. The maximum Gasteiger partial charge on any atom is 0.203 e. The van der Waals surface area contributed by atoms with Crippen LogP contribution in [0.1, 0.15) is 6.92 Å². The second-order valence-corrected chi connectivity index (χ2v) is 2.75. The van der Waals surface area contributed by atoms with Crippen molar-refractivity contribution in [3.63, 3.8) is 0 Å². The maximum atomic E-state index is 12.5. The lowest BCUT2D eigenvalue weighted by Crippen LogP contribution is -2.09. The van der Waals surface area contributed by atoms with Gasteiger partial charge >= 0.3 is 0 Å². The number of halogens is 1. The molecule has 1 N–H and O–H groups in total. The molecule has 0 aliphatic rings.